The maximum Gasteiger partial charge on any atom is 0.343 e. The highest BCUT2D eigenvalue weighted by atomic mass is 35.5. The summed E-state index contributed by atoms with van der Waals surface area (Å²) in [5, 5.41) is 4.32. The number of esters is 1. The number of fused-ring (bicyclic) bond motifs is 5. The van der Waals surface area contributed by atoms with Crippen LogP contribution in [-0.4, -0.2) is 15.7 Å². The molecule has 1 aromatic heterocycles. The van der Waals surface area contributed by atoms with Crippen molar-refractivity contribution >= 4 is 17.6 Å². The molecule has 0 aliphatic heterocycles. The van der Waals surface area contributed by atoms with Gasteiger partial charge in [-0.15, -0.1) is 0 Å². The van der Waals surface area contributed by atoms with E-state index in [4.69, 9.17) is 16.3 Å². The van der Waals surface area contributed by atoms with Gasteiger partial charge in [-0.3, -0.25) is 4.68 Å². The van der Waals surface area contributed by atoms with Gasteiger partial charge in [0.2, 0.25) is 0 Å². The van der Waals surface area contributed by atoms with Crippen molar-refractivity contribution in [2.75, 3.05) is 0 Å². The molecule has 1 saturated carbocycles. The van der Waals surface area contributed by atoms with E-state index in [2.05, 4.69) is 17.2 Å². The molecular formula is C16H15ClN2O2. The molecule has 5 heteroatoms. The summed E-state index contributed by atoms with van der Waals surface area (Å²) in [7, 11) is 1.70. The van der Waals surface area contributed by atoms with Crippen molar-refractivity contribution in [3.05, 3.63) is 52.3 Å². The van der Waals surface area contributed by atoms with Crippen molar-refractivity contribution in [2.24, 2.45) is 7.05 Å². The maximum atomic E-state index is 12.5. The van der Waals surface area contributed by atoms with Gasteiger partial charge >= 0.3 is 5.97 Å². The summed E-state index contributed by atoms with van der Waals surface area (Å²) in [4.78, 5) is 12.5. The van der Waals surface area contributed by atoms with Crippen LogP contribution in [0.25, 0.3) is 0 Å². The number of nitrogens with zero attached hydrogens (tertiary/aromatic N) is 2. The molecule has 2 aliphatic rings. The Morgan fingerprint density at radius 3 is 3.05 bits per heavy atom. The van der Waals surface area contributed by atoms with Crippen LogP contribution in [0.2, 0.25) is 5.15 Å². The first-order chi connectivity index (χ1) is 10.1. The minimum atomic E-state index is -0.475. The van der Waals surface area contributed by atoms with Gasteiger partial charge in [0, 0.05) is 7.05 Å². The summed E-state index contributed by atoms with van der Waals surface area (Å²) >= 11 is 6.09. The number of rotatable bonds is 2. The number of hydrogen-bond acceptors (Lipinski definition) is 3. The molecule has 4 rings (SSSR count). The Bertz CT molecular complexity index is 740. The van der Waals surface area contributed by atoms with Crippen LogP contribution >= 0.6 is 11.6 Å². The molecule has 2 bridgehead atoms. The molecule has 2 atom stereocenters. The average Bonchev–Trinajstić information content (AvgIpc) is 3.13. The van der Waals surface area contributed by atoms with Crippen molar-refractivity contribution < 1.29 is 9.53 Å². The van der Waals surface area contributed by atoms with Crippen LogP contribution in [0.3, 0.4) is 0 Å². The lowest BCUT2D eigenvalue weighted by molar-refractivity contribution is -0.0158. The van der Waals surface area contributed by atoms with E-state index in [1.807, 2.05) is 12.1 Å². The SMILES string of the molecule is Cn1ncc(C(=O)OC23CCC(C2)c2ccccc23)c1Cl. The molecule has 4 nitrogen and oxygen atoms in total. The van der Waals surface area contributed by atoms with Gasteiger partial charge in [-0.05, 0) is 36.3 Å². The van der Waals surface area contributed by atoms with Gasteiger partial charge in [0.05, 0.1) is 6.20 Å². The van der Waals surface area contributed by atoms with Crippen molar-refractivity contribution in [3.63, 3.8) is 0 Å². The van der Waals surface area contributed by atoms with E-state index >= 15 is 0 Å². The van der Waals surface area contributed by atoms with Gasteiger partial charge in [-0.25, -0.2) is 4.79 Å². The number of hydrogen-bond donors (Lipinski definition) is 0. The second-order valence-corrected chi connectivity index (χ2v) is 6.24. The number of aromatic nitrogens is 2. The fraction of sp³-hybridized carbons (Fsp3) is 0.375. The van der Waals surface area contributed by atoms with Crippen molar-refractivity contribution in [1.82, 2.24) is 9.78 Å². The highest BCUT2D eigenvalue weighted by Gasteiger charge is 2.52. The Morgan fingerprint density at radius 1 is 1.48 bits per heavy atom. The van der Waals surface area contributed by atoms with Gasteiger partial charge in [0.1, 0.15) is 16.3 Å². The van der Waals surface area contributed by atoms with Crippen LogP contribution in [0, 0.1) is 0 Å². The van der Waals surface area contributed by atoms with Crippen LogP contribution in [0.15, 0.2) is 30.5 Å². The molecule has 0 saturated heterocycles. The zero-order valence-corrected chi connectivity index (χ0v) is 12.4. The number of halogens is 1. The Hall–Kier alpha value is -1.81. The molecule has 1 fully saturated rings. The zero-order chi connectivity index (χ0) is 14.6. The lowest BCUT2D eigenvalue weighted by atomic mass is 9.89. The highest BCUT2D eigenvalue weighted by Crippen LogP contribution is 2.57. The van der Waals surface area contributed by atoms with Gasteiger partial charge in [0.15, 0.2) is 0 Å². The monoisotopic (exact) mass is 302 g/mol. The molecule has 2 aliphatic carbocycles. The number of aryl methyl sites for hydroxylation is 1. The number of ether oxygens (including phenoxy) is 1. The maximum absolute atomic E-state index is 12.5. The molecule has 0 amide bonds. The molecule has 21 heavy (non-hydrogen) atoms. The van der Waals surface area contributed by atoms with Gasteiger partial charge in [-0.2, -0.15) is 5.10 Å². The van der Waals surface area contributed by atoms with E-state index < -0.39 is 5.60 Å². The quantitative estimate of drug-likeness (QED) is 0.799. The standard InChI is InChI=1S/C16H15ClN2O2/c1-19-14(17)12(9-18-19)15(20)21-16-7-6-10(8-16)11-4-2-3-5-13(11)16/h2-5,9-10H,6-8H2,1H3. The first-order valence-corrected chi connectivity index (χ1v) is 7.49. The summed E-state index contributed by atoms with van der Waals surface area (Å²) < 4.78 is 7.39. The van der Waals surface area contributed by atoms with E-state index in [9.17, 15) is 4.79 Å². The van der Waals surface area contributed by atoms with Crippen molar-refractivity contribution in [1.29, 1.82) is 0 Å². The number of carbonyl (C=O) groups is 1. The van der Waals surface area contributed by atoms with Crippen LogP contribution in [-0.2, 0) is 17.4 Å². The van der Waals surface area contributed by atoms with E-state index in [-0.39, 0.29) is 5.97 Å². The Balaban J connectivity index is 1.69. The Kier molecular flexibility index (Phi) is 2.67. The van der Waals surface area contributed by atoms with Crippen LogP contribution in [0.1, 0.15) is 46.7 Å². The van der Waals surface area contributed by atoms with E-state index in [1.54, 1.807) is 7.05 Å². The van der Waals surface area contributed by atoms with Gasteiger partial charge < -0.3 is 4.74 Å². The first kappa shape index (κ1) is 12.9. The summed E-state index contributed by atoms with van der Waals surface area (Å²) in [6.45, 7) is 0. The fourth-order valence-electron chi connectivity index (χ4n) is 3.73. The molecule has 0 radical (unpaired) electrons. The minimum absolute atomic E-state index is 0.317. The Morgan fingerprint density at radius 2 is 2.29 bits per heavy atom. The lowest BCUT2D eigenvalue weighted by Crippen LogP contribution is -2.28. The van der Waals surface area contributed by atoms with E-state index in [1.165, 1.54) is 16.4 Å². The summed E-state index contributed by atoms with van der Waals surface area (Å²) in [5.41, 5.74) is 2.35. The first-order valence-electron chi connectivity index (χ1n) is 7.11. The van der Waals surface area contributed by atoms with E-state index in [0.717, 1.165) is 24.8 Å². The van der Waals surface area contributed by atoms with Gasteiger partial charge in [0.25, 0.3) is 0 Å². The summed E-state index contributed by atoms with van der Waals surface area (Å²) in [6, 6.07) is 8.28. The van der Waals surface area contributed by atoms with Gasteiger partial charge in [-0.1, -0.05) is 35.9 Å². The third-order valence-corrected chi connectivity index (χ3v) is 5.19. The van der Waals surface area contributed by atoms with Crippen molar-refractivity contribution in [3.8, 4) is 0 Å². The third-order valence-electron chi connectivity index (χ3n) is 4.74. The topological polar surface area (TPSA) is 44.1 Å². The molecule has 2 aromatic rings. The number of carbonyl (C=O) groups excluding carboxylic acids is 1. The second-order valence-electron chi connectivity index (χ2n) is 5.88. The molecule has 1 heterocycles. The van der Waals surface area contributed by atoms with Crippen LogP contribution in [0.4, 0.5) is 0 Å². The summed E-state index contributed by atoms with van der Waals surface area (Å²) in [6.07, 6.45) is 4.31. The normalized spacial score (nSPS) is 25.9. The molecule has 1 aromatic carbocycles. The van der Waals surface area contributed by atoms with E-state index in [0.29, 0.717) is 16.6 Å². The largest absolute Gasteiger partial charge is 0.450 e. The van der Waals surface area contributed by atoms with Crippen LogP contribution < -0.4 is 0 Å². The average molecular weight is 303 g/mol. The minimum Gasteiger partial charge on any atom is -0.450 e. The molecular weight excluding hydrogens is 288 g/mol. The summed E-state index contributed by atoms with van der Waals surface area (Å²) in [5.74, 6) is 0.129. The fourth-order valence-corrected chi connectivity index (χ4v) is 3.90. The molecule has 108 valence electrons. The molecule has 2 unspecified atom stereocenters. The lowest BCUT2D eigenvalue weighted by Gasteiger charge is -2.28. The molecule has 0 spiro atoms. The van der Waals surface area contributed by atoms with Crippen LogP contribution in [0.5, 0.6) is 0 Å². The predicted octanol–water partition coefficient (Wildman–Crippen LogP) is 3.41. The second kappa shape index (κ2) is 4.34. The molecule has 0 N–H and O–H groups in total. The third kappa shape index (κ3) is 1.75. The smallest absolute Gasteiger partial charge is 0.343 e. The zero-order valence-electron chi connectivity index (χ0n) is 11.7. The predicted molar refractivity (Wildman–Crippen MR) is 78.3 cm³/mol. The Labute approximate surface area is 127 Å². The highest BCUT2D eigenvalue weighted by molar-refractivity contribution is 6.32. The number of benzene rings is 1. The van der Waals surface area contributed by atoms with Crippen molar-refractivity contribution in [2.45, 2.75) is 30.8 Å².